The summed E-state index contributed by atoms with van der Waals surface area (Å²) in [6, 6.07) is 10.1. The minimum atomic E-state index is 0.443. The van der Waals surface area contributed by atoms with Crippen LogP contribution in [0.4, 0.5) is 0 Å². The van der Waals surface area contributed by atoms with Crippen LogP contribution in [0, 0.1) is 0 Å². The number of imidazole rings is 1. The van der Waals surface area contributed by atoms with Crippen LogP contribution in [-0.2, 0) is 13.0 Å². The molecule has 2 heterocycles. The van der Waals surface area contributed by atoms with Gasteiger partial charge in [-0.1, -0.05) is 24.4 Å². The van der Waals surface area contributed by atoms with Gasteiger partial charge < -0.3 is 10.3 Å². The van der Waals surface area contributed by atoms with Gasteiger partial charge in [0.25, 0.3) is 0 Å². The highest BCUT2D eigenvalue weighted by Gasteiger charge is 2.11. The van der Waals surface area contributed by atoms with Gasteiger partial charge in [0.15, 0.2) is 0 Å². The lowest BCUT2D eigenvalue weighted by atomic mass is 10.2. The lowest BCUT2D eigenvalue weighted by Gasteiger charge is -2.09. The number of nitrogens with zero attached hydrogens (tertiary/aromatic N) is 3. The number of hydrogen-bond acceptors (Lipinski definition) is 3. The molecular weight excluding hydrogens is 348 g/mol. The minimum absolute atomic E-state index is 0.443. The van der Waals surface area contributed by atoms with E-state index in [0.717, 1.165) is 26.9 Å². The third-order valence-corrected chi connectivity index (χ3v) is 3.75. The lowest BCUT2D eigenvalue weighted by molar-refractivity contribution is 0.770. The summed E-state index contributed by atoms with van der Waals surface area (Å²) in [6.45, 7) is 0.685. The SMILES string of the molecule is NC(=S)Cc1nc2ccccc2n1Cc1cncc(Br)c1. The third kappa shape index (κ3) is 3.11. The van der Waals surface area contributed by atoms with Crippen LogP contribution in [-0.4, -0.2) is 19.5 Å². The molecule has 0 spiro atoms. The van der Waals surface area contributed by atoms with Gasteiger partial charge in [-0.05, 0) is 39.7 Å². The van der Waals surface area contributed by atoms with Crippen molar-refractivity contribution in [1.82, 2.24) is 14.5 Å². The molecule has 2 aromatic heterocycles. The molecule has 0 amide bonds. The molecule has 0 bridgehead atoms. The van der Waals surface area contributed by atoms with Gasteiger partial charge in [0.2, 0.25) is 0 Å². The number of para-hydroxylation sites is 2. The van der Waals surface area contributed by atoms with E-state index in [1.54, 1.807) is 6.20 Å². The maximum atomic E-state index is 5.69. The summed E-state index contributed by atoms with van der Waals surface area (Å²) in [4.78, 5) is 9.28. The number of aromatic nitrogens is 3. The Morgan fingerprint density at radius 3 is 2.86 bits per heavy atom. The number of nitrogens with two attached hydrogens (primary N) is 1. The van der Waals surface area contributed by atoms with Crippen molar-refractivity contribution >= 4 is 44.2 Å². The van der Waals surface area contributed by atoms with Gasteiger partial charge in [0, 0.05) is 16.9 Å². The Labute approximate surface area is 136 Å². The predicted molar refractivity (Wildman–Crippen MR) is 91.3 cm³/mol. The van der Waals surface area contributed by atoms with E-state index in [-0.39, 0.29) is 0 Å². The molecule has 106 valence electrons. The van der Waals surface area contributed by atoms with Crippen molar-refractivity contribution in [1.29, 1.82) is 0 Å². The highest BCUT2D eigenvalue weighted by atomic mass is 79.9. The van der Waals surface area contributed by atoms with E-state index < -0.39 is 0 Å². The van der Waals surface area contributed by atoms with Crippen molar-refractivity contribution in [2.45, 2.75) is 13.0 Å². The molecule has 0 aliphatic rings. The fraction of sp³-hybridized carbons (Fsp3) is 0.133. The van der Waals surface area contributed by atoms with Gasteiger partial charge in [-0.15, -0.1) is 0 Å². The Morgan fingerprint density at radius 1 is 1.29 bits per heavy atom. The zero-order valence-electron chi connectivity index (χ0n) is 11.2. The molecule has 0 aliphatic carbocycles. The van der Waals surface area contributed by atoms with Crippen LogP contribution in [0.1, 0.15) is 11.4 Å². The highest BCUT2D eigenvalue weighted by molar-refractivity contribution is 9.10. The molecule has 3 aromatic rings. The lowest BCUT2D eigenvalue weighted by Crippen LogP contribution is -2.16. The molecule has 0 saturated carbocycles. The van der Waals surface area contributed by atoms with Crippen molar-refractivity contribution in [2.24, 2.45) is 5.73 Å². The molecule has 1 aromatic carbocycles. The molecule has 3 rings (SSSR count). The van der Waals surface area contributed by atoms with E-state index in [2.05, 4.69) is 36.5 Å². The van der Waals surface area contributed by atoms with Gasteiger partial charge in [0.05, 0.1) is 29.0 Å². The molecule has 0 aliphatic heterocycles. The summed E-state index contributed by atoms with van der Waals surface area (Å²) in [6.07, 6.45) is 4.11. The van der Waals surface area contributed by atoms with Crippen molar-refractivity contribution in [3.8, 4) is 0 Å². The number of rotatable bonds is 4. The average molecular weight is 361 g/mol. The Hall–Kier alpha value is -1.79. The first-order valence-electron chi connectivity index (χ1n) is 6.45. The largest absolute Gasteiger partial charge is 0.393 e. The van der Waals surface area contributed by atoms with Crippen LogP contribution in [0.15, 0.2) is 47.2 Å². The summed E-state index contributed by atoms with van der Waals surface area (Å²) in [7, 11) is 0. The van der Waals surface area contributed by atoms with Crippen LogP contribution in [0.25, 0.3) is 11.0 Å². The monoisotopic (exact) mass is 360 g/mol. The highest BCUT2D eigenvalue weighted by Crippen LogP contribution is 2.19. The molecule has 6 heteroatoms. The minimum Gasteiger partial charge on any atom is -0.393 e. The van der Waals surface area contributed by atoms with E-state index in [9.17, 15) is 0 Å². The second-order valence-electron chi connectivity index (χ2n) is 4.76. The van der Waals surface area contributed by atoms with Crippen LogP contribution in [0.3, 0.4) is 0 Å². The molecule has 0 unspecified atom stereocenters. The molecule has 4 nitrogen and oxygen atoms in total. The van der Waals surface area contributed by atoms with E-state index in [4.69, 9.17) is 18.0 Å². The van der Waals surface area contributed by atoms with Crippen LogP contribution in [0.2, 0.25) is 0 Å². The second kappa shape index (κ2) is 5.91. The third-order valence-electron chi connectivity index (χ3n) is 3.17. The van der Waals surface area contributed by atoms with Gasteiger partial charge in [-0.25, -0.2) is 4.98 Å². The fourth-order valence-electron chi connectivity index (χ4n) is 2.32. The Balaban J connectivity index is 2.08. The first-order valence-corrected chi connectivity index (χ1v) is 7.65. The molecule has 0 atom stereocenters. The number of pyridine rings is 1. The maximum Gasteiger partial charge on any atom is 0.116 e. The van der Waals surface area contributed by atoms with E-state index in [1.807, 2.05) is 30.5 Å². The zero-order valence-corrected chi connectivity index (χ0v) is 13.6. The number of benzene rings is 1. The summed E-state index contributed by atoms with van der Waals surface area (Å²) >= 11 is 8.48. The Kier molecular flexibility index (Phi) is 3.98. The van der Waals surface area contributed by atoms with Crippen LogP contribution < -0.4 is 5.73 Å². The summed E-state index contributed by atoms with van der Waals surface area (Å²) in [5.74, 6) is 0.878. The maximum absolute atomic E-state index is 5.69. The molecule has 2 N–H and O–H groups in total. The van der Waals surface area contributed by atoms with Crippen LogP contribution in [0.5, 0.6) is 0 Å². The van der Waals surface area contributed by atoms with Crippen LogP contribution >= 0.6 is 28.1 Å². The topological polar surface area (TPSA) is 56.7 Å². The first kappa shape index (κ1) is 14.2. The predicted octanol–water partition coefficient (Wildman–Crippen LogP) is 3.07. The number of hydrogen-bond donors (Lipinski definition) is 1. The number of thiocarbonyl (C=S) groups is 1. The summed E-state index contributed by atoms with van der Waals surface area (Å²) < 4.78 is 3.10. The molecule has 0 saturated heterocycles. The summed E-state index contributed by atoms with van der Waals surface area (Å²) in [5.41, 5.74) is 8.81. The van der Waals surface area contributed by atoms with Crippen molar-refractivity contribution in [3.63, 3.8) is 0 Å². The quantitative estimate of drug-likeness (QED) is 0.726. The van der Waals surface area contributed by atoms with Crippen molar-refractivity contribution in [3.05, 3.63) is 58.6 Å². The van der Waals surface area contributed by atoms with E-state index in [0.29, 0.717) is 18.0 Å². The van der Waals surface area contributed by atoms with Crippen molar-refractivity contribution < 1.29 is 0 Å². The Bertz CT molecular complexity index is 812. The Morgan fingerprint density at radius 2 is 2.10 bits per heavy atom. The molecule has 0 radical (unpaired) electrons. The molecule has 0 fully saturated rings. The average Bonchev–Trinajstić information content (AvgIpc) is 2.76. The zero-order chi connectivity index (χ0) is 14.8. The van der Waals surface area contributed by atoms with Gasteiger partial charge >= 0.3 is 0 Å². The second-order valence-corrected chi connectivity index (χ2v) is 6.20. The van der Waals surface area contributed by atoms with Gasteiger partial charge in [-0.3, -0.25) is 4.98 Å². The number of fused-ring (bicyclic) bond motifs is 1. The molecule has 21 heavy (non-hydrogen) atoms. The summed E-state index contributed by atoms with van der Waals surface area (Å²) in [5, 5.41) is 0. The standard InChI is InChI=1S/C15H13BrN4S/c16-11-5-10(7-18-8-11)9-20-13-4-2-1-3-12(13)19-15(20)6-14(17)21/h1-5,7-8H,6,9H2,(H2,17,21). The van der Waals surface area contributed by atoms with Gasteiger partial charge in [0.1, 0.15) is 5.82 Å². The molecular formula is C15H13BrN4S. The normalized spacial score (nSPS) is 10.9. The fourth-order valence-corrected chi connectivity index (χ4v) is 2.86. The van der Waals surface area contributed by atoms with E-state index in [1.165, 1.54) is 0 Å². The number of halogens is 1. The van der Waals surface area contributed by atoms with Crippen molar-refractivity contribution in [2.75, 3.05) is 0 Å². The smallest absolute Gasteiger partial charge is 0.116 e. The first-order chi connectivity index (χ1) is 10.1. The van der Waals surface area contributed by atoms with Gasteiger partial charge in [-0.2, -0.15) is 0 Å². The van der Waals surface area contributed by atoms with E-state index >= 15 is 0 Å².